The Morgan fingerprint density at radius 2 is 1.44 bits per heavy atom. The molecule has 0 aliphatic rings. The first-order chi connectivity index (χ1) is 21.2. The van der Waals surface area contributed by atoms with Crippen molar-refractivity contribution in [1.82, 2.24) is 10.2 Å². The molecule has 244 valence electrons. The van der Waals surface area contributed by atoms with E-state index in [-0.39, 0.29) is 34.5 Å². The second kappa shape index (κ2) is 15.0. The number of nitrogens with one attached hydrogen (secondary N) is 1. The zero-order valence-electron chi connectivity index (χ0n) is 27.1. The van der Waals surface area contributed by atoms with Crippen LogP contribution in [0, 0.1) is 0 Å². The summed E-state index contributed by atoms with van der Waals surface area (Å²) in [5.74, 6) is 0.128. The van der Waals surface area contributed by atoms with E-state index in [2.05, 4.69) is 5.32 Å². The number of sulfonamides is 1. The predicted molar refractivity (Wildman–Crippen MR) is 173 cm³/mol. The normalized spacial score (nSPS) is 12.1. The number of rotatable bonds is 14. The number of anilines is 1. The number of carbonyl (C=O) groups excluding carboxylic acids is 2. The number of carbonyl (C=O) groups is 2. The van der Waals surface area contributed by atoms with Crippen molar-refractivity contribution in [2.45, 2.75) is 50.6 Å². The van der Waals surface area contributed by atoms with E-state index in [1.165, 1.54) is 57.6 Å². The van der Waals surface area contributed by atoms with Crippen molar-refractivity contribution in [3.8, 4) is 23.0 Å². The van der Waals surface area contributed by atoms with Gasteiger partial charge >= 0.3 is 0 Å². The van der Waals surface area contributed by atoms with Crippen LogP contribution in [0.2, 0.25) is 0 Å². The number of benzene rings is 3. The quantitative estimate of drug-likeness (QED) is 0.277. The predicted octanol–water partition coefficient (Wildman–Crippen LogP) is 4.29. The van der Waals surface area contributed by atoms with E-state index >= 15 is 0 Å². The zero-order chi connectivity index (χ0) is 33.4. The third-order valence-corrected chi connectivity index (χ3v) is 8.78. The van der Waals surface area contributed by atoms with Gasteiger partial charge in [-0.15, -0.1) is 0 Å². The molecule has 2 amide bonds. The maximum Gasteiger partial charge on any atom is 0.265 e. The molecular weight excluding hydrogens is 598 g/mol. The van der Waals surface area contributed by atoms with Gasteiger partial charge in [0.1, 0.15) is 24.1 Å². The molecule has 0 saturated heterocycles. The molecule has 0 radical (unpaired) electrons. The maximum atomic E-state index is 14.4. The molecule has 11 nitrogen and oxygen atoms in total. The molecule has 0 fully saturated rings. The van der Waals surface area contributed by atoms with Crippen LogP contribution in [0.25, 0.3) is 0 Å². The number of amides is 2. The number of hydrogen-bond donors (Lipinski definition) is 1. The van der Waals surface area contributed by atoms with Crippen LogP contribution in [0.1, 0.15) is 33.3 Å². The van der Waals surface area contributed by atoms with Crippen molar-refractivity contribution in [1.29, 1.82) is 0 Å². The molecule has 45 heavy (non-hydrogen) atoms. The third kappa shape index (κ3) is 8.81. The average Bonchev–Trinajstić information content (AvgIpc) is 3.02. The summed E-state index contributed by atoms with van der Waals surface area (Å²) in [5, 5.41) is 2.92. The molecule has 0 bridgehead atoms. The van der Waals surface area contributed by atoms with Crippen LogP contribution in [0.3, 0.4) is 0 Å². The Labute approximate surface area is 266 Å². The SMILES string of the molecule is COc1ccc(OC)c(N(CC(=O)N(CCc2ccccc2)[C@H](C)C(=O)NC(C)(C)C)S(=O)(=O)c2ccc(OC)c(OC)c2)c1. The van der Waals surface area contributed by atoms with Crippen LogP contribution in [0.4, 0.5) is 5.69 Å². The van der Waals surface area contributed by atoms with Crippen molar-refractivity contribution in [2.75, 3.05) is 45.8 Å². The summed E-state index contributed by atoms with van der Waals surface area (Å²) < 4.78 is 51.3. The first-order valence-electron chi connectivity index (χ1n) is 14.4. The van der Waals surface area contributed by atoms with Gasteiger partial charge < -0.3 is 29.2 Å². The van der Waals surface area contributed by atoms with Gasteiger partial charge in [0, 0.05) is 24.2 Å². The summed E-state index contributed by atoms with van der Waals surface area (Å²) in [4.78, 5) is 28.8. The lowest BCUT2D eigenvalue weighted by Gasteiger charge is -2.33. The molecule has 3 rings (SSSR count). The Balaban J connectivity index is 2.13. The molecule has 3 aromatic carbocycles. The smallest absolute Gasteiger partial charge is 0.265 e. The van der Waals surface area contributed by atoms with Gasteiger partial charge in [-0.2, -0.15) is 0 Å². The fourth-order valence-electron chi connectivity index (χ4n) is 4.65. The van der Waals surface area contributed by atoms with Crippen LogP contribution >= 0.6 is 0 Å². The van der Waals surface area contributed by atoms with Crippen LogP contribution in [0.15, 0.2) is 71.6 Å². The van der Waals surface area contributed by atoms with Gasteiger partial charge in [-0.05, 0) is 63.9 Å². The van der Waals surface area contributed by atoms with E-state index < -0.39 is 34.1 Å². The Bertz CT molecular complexity index is 1570. The van der Waals surface area contributed by atoms with Gasteiger partial charge in [-0.3, -0.25) is 13.9 Å². The van der Waals surface area contributed by atoms with Crippen LogP contribution in [-0.2, 0) is 26.0 Å². The van der Waals surface area contributed by atoms with Gasteiger partial charge in [0.15, 0.2) is 11.5 Å². The van der Waals surface area contributed by atoms with Crippen molar-refractivity contribution in [3.63, 3.8) is 0 Å². The summed E-state index contributed by atoms with van der Waals surface area (Å²) in [6.45, 7) is 6.70. The standard InChI is InChI=1S/C33H43N3O8S/c1-23(32(38)34-33(2,3)4)35(19-18-24-12-10-9-11-13-24)31(37)22-36(27-20-25(41-5)14-16-28(27)42-6)45(39,40)26-15-17-29(43-7)30(21-26)44-8/h9-17,20-21,23H,18-19,22H2,1-8H3,(H,34,38)/t23-/m1/s1. The second-order valence-corrected chi connectivity index (χ2v) is 13.2. The molecule has 0 aromatic heterocycles. The minimum Gasteiger partial charge on any atom is -0.497 e. The van der Waals surface area contributed by atoms with E-state index in [1.54, 1.807) is 19.1 Å². The minimum atomic E-state index is -4.43. The third-order valence-electron chi connectivity index (χ3n) is 7.03. The molecule has 0 heterocycles. The highest BCUT2D eigenvalue weighted by Gasteiger charge is 2.35. The molecule has 3 aromatic rings. The number of ether oxygens (including phenoxy) is 4. The van der Waals surface area contributed by atoms with Crippen LogP contribution in [-0.4, -0.2) is 78.2 Å². The lowest BCUT2D eigenvalue weighted by molar-refractivity contribution is -0.139. The molecule has 0 spiro atoms. The molecule has 0 saturated carbocycles. The summed E-state index contributed by atoms with van der Waals surface area (Å²) in [6, 6.07) is 17.5. The molecule has 1 atom stereocenters. The molecule has 1 N–H and O–H groups in total. The van der Waals surface area contributed by atoms with E-state index in [9.17, 15) is 18.0 Å². The fourth-order valence-corrected chi connectivity index (χ4v) is 6.09. The van der Waals surface area contributed by atoms with Crippen molar-refractivity contribution in [2.24, 2.45) is 0 Å². The first-order valence-corrected chi connectivity index (χ1v) is 15.8. The lowest BCUT2D eigenvalue weighted by Crippen LogP contribution is -2.55. The highest BCUT2D eigenvalue weighted by atomic mass is 32.2. The van der Waals surface area contributed by atoms with Gasteiger partial charge in [-0.1, -0.05) is 30.3 Å². The summed E-state index contributed by atoms with van der Waals surface area (Å²) in [6.07, 6.45) is 0.449. The minimum absolute atomic E-state index is 0.0785. The van der Waals surface area contributed by atoms with Gasteiger partial charge in [0.25, 0.3) is 10.0 Å². The summed E-state index contributed by atoms with van der Waals surface area (Å²) in [5.41, 5.74) is 0.494. The molecule has 0 aliphatic heterocycles. The highest BCUT2D eigenvalue weighted by Crippen LogP contribution is 2.37. The Morgan fingerprint density at radius 3 is 2.02 bits per heavy atom. The lowest BCUT2D eigenvalue weighted by atomic mass is 10.1. The van der Waals surface area contributed by atoms with Gasteiger partial charge in [0.05, 0.1) is 39.0 Å². The van der Waals surface area contributed by atoms with E-state index in [0.29, 0.717) is 17.9 Å². The number of nitrogens with zero attached hydrogens (tertiary/aromatic N) is 2. The van der Waals surface area contributed by atoms with Crippen molar-refractivity contribution < 1.29 is 37.0 Å². The molecule has 12 heteroatoms. The molecule has 0 unspecified atom stereocenters. The summed E-state index contributed by atoms with van der Waals surface area (Å²) in [7, 11) is 1.27. The zero-order valence-corrected chi connectivity index (χ0v) is 27.9. The number of hydrogen-bond acceptors (Lipinski definition) is 8. The van der Waals surface area contributed by atoms with Gasteiger partial charge in [0.2, 0.25) is 11.8 Å². The van der Waals surface area contributed by atoms with E-state index in [0.717, 1.165) is 9.87 Å². The maximum absolute atomic E-state index is 14.4. The largest absolute Gasteiger partial charge is 0.497 e. The second-order valence-electron chi connectivity index (χ2n) is 11.3. The monoisotopic (exact) mass is 641 g/mol. The number of methoxy groups -OCH3 is 4. The average molecular weight is 642 g/mol. The summed E-state index contributed by atoms with van der Waals surface area (Å²) >= 11 is 0. The Kier molecular flexibility index (Phi) is 11.7. The first kappa shape index (κ1) is 35.0. The van der Waals surface area contributed by atoms with E-state index in [1.807, 2.05) is 51.1 Å². The highest BCUT2D eigenvalue weighted by molar-refractivity contribution is 7.92. The molecular formula is C33H43N3O8S. The van der Waals surface area contributed by atoms with Crippen molar-refractivity contribution >= 4 is 27.5 Å². The van der Waals surface area contributed by atoms with Crippen molar-refractivity contribution in [3.05, 3.63) is 72.3 Å². The molecule has 0 aliphatic carbocycles. The Morgan fingerprint density at radius 1 is 0.822 bits per heavy atom. The fraction of sp³-hybridized carbons (Fsp3) is 0.394. The Hall–Kier alpha value is -4.45. The van der Waals surface area contributed by atoms with Crippen LogP contribution in [0.5, 0.6) is 23.0 Å². The van der Waals surface area contributed by atoms with Crippen LogP contribution < -0.4 is 28.6 Å². The topological polar surface area (TPSA) is 124 Å². The van der Waals surface area contributed by atoms with Gasteiger partial charge in [-0.25, -0.2) is 8.42 Å². The van der Waals surface area contributed by atoms with E-state index in [4.69, 9.17) is 18.9 Å².